The number of para-hydroxylation sites is 2. The zero-order valence-electron chi connectivity index (χ0n) is 28.7. The highest BCUT2D eigenvalue weighted by Gasteiger charge is 2.24. The first kappa shape index (κ1) is 29.6. The normalized spacial score (nSPS) is 11.8. The molecule has 2 aromatic heterocycles. The lowest BCUT2D eigenvalue weighted by molar-refractivity contribution is 0.669. The van der Waals surface area contributed by atoms with Crippen LogP contribution in [0.2, 0.25) is 0 Å². The summed E-state index contributed by atoms with van der Waals surface area (Å²) in [6.45, 7) is 0. The fourth-order valence-corrected chi connectivity index (χ4v) is 8.29. The molecule has 248 valence electrons. The minimum Gasteiger partial charge on any atom is -0.456 e. The van der Waals surface area contributed by atoms with Crippen molar-refractivity contribution >= 4 is 82.5 Å². The van der Waals surface area contributed by atoms with Gasteiger partial charge in [-0.05, 0) is 81.4 Å². The van der Waals surface area contributed by atoms with E-state index in [1.165, 1.54) is 27.3 Å². The van der Waals surface area contributed by atoms with E-state index in [1.54, 1.807) is 0 Å². The van der Waals surface area contributed by atoms with E-state index in [0.717, 1.165) is 77.5 Å². The van der Waals surface area contributed by atoms with Crippen LogP contribution in [0.5, 0.6) is 0 Å². The Bertz CT molecular complexity index is 3180. The molecule has 0 unspecified atom stereocenters. The molecule has 0 amide bonds. The smallest absolute Gasteiger partial charge is 0.143 e. The van der Waals surface area contributed by atoms with Crippen LogP contribution in [-0.4, -0.2) is 0 Å². The van der Waals surface area contributed by atoms with E-state index in [4.69, 9.17) is 8.83 Å². The van der Waals surface area contributed by atoms with Crippen LogP contribution >= 0.6 is 0 Å². The summed E-state index contributed by atoms with van der Waals surface area (Å²) in [6.07, 6.45) is 0. The van der Waals surface area contributed by atoms with Gasteiger partial charge < -0.3 is 13.7 Å². The van der Waals surface area contributed by atoms with Crippen molar-refractivity contribution in [3.05, 3.63) is 188 Å². The van der Waals surface area contributed by atoms with Crippen LogP contribution in [0.3, 0.4) is 0 Å². The standard InChI is InChI=1S/C50H31NO2/c1-3-15-36-32(12-1)14-9-19-37(36)34-26-29-35(30-27-34)51(44-22-11-25-47-49(44)41-18-6-8-23-45(41)52-47)43-21-7-5-17-39(43)40-20-10-24-46-48(40)42-31-28-33-13-2-4-16-38(33)50(42)53-46/h1-31H. The number of anilines is 3. The summed E-state index contributed by atoms with van der Waals surface area (Å²) in [5.74, 6) is 0. The number of benzene rings is 9. The highest BCUT2D eigenvalue weighted by atomic mass is 16.3. The van der Waals surface area contributed by atoms with Crippen LogP contribution in [0, 0.1) is 0 Å². The topological polar surface area (TPSA) is 29.5 Å². The molecule has 53 heavy (non-hydrogen) atoms. The molecule has 0 atom stereocenters. The lowest BCUT2D eigenvalue weighted by Gasteiger charge is -2.29. The van der Waals surface area contributed by atoms with Gasteiger partial charge in [-0.15, -0.1) is 0 Å². The van der Waals surface area contributed by atoms with Gasteiger partial charge in [-0.2, -0.15) is 0 Å². The highest BCUT2D eigenvalue weighted by molar-refractivity contribution is 6.20. The molecular weight excluding hydrogens is 647 g/mol. The highest BCUT2D eigenvalue weighted by Crippen LogP contribution is 2.48. The van der Waals surface area contributed by atoms with Gasteiger partial charge in [-0.1, -0.05) is 140 Å². The Morgan fingerprint density at radius 2 is 0.906 bits per heavy atom. The van der Waals surface area contributed by atoms with Crippen molar-refractivity contribution in [2.75, 3.05) is 4.90 Å². The van der Waals surface area contributed by atoms with Gasteiger partial charge in [0.05, 0.1) is 16.8 Å². The van der Waals surface area contributed by atoms with Crippen molar-refractivity contribution in [2.45, 2.75) is 0 Å². The van der Waals surface area contributed by atoms with Gasteiger partial charge in [0.1, 0.15) is 22.3 Å². The number of nitrogens with zero attached hydrogens (tertiary/aromatic N) is 1. The average molecular weight is 678 g/mol. The van der Waals surface area contributed by atoms with Gasteiger partial charge >= 0.3 is 0 Å². The van der Waals surface area contributed by atoms with Crippen LogP contribution in [-0.2, 0) is 0 Å². The van der Waals surface area contributed by atoms with Crippen LogP contribution in [0.1, 0.15) is 0 Å². The molecular formula is C50H31NO2. The first-order chi connectivity index (χ1) is 26.3. The third-order valence-corrected chi connectivity index (χ3v) is 10.7. The second-order valence-corrected chi connectivity index (χ2v) is 13.6. The van der Waals surface area contributed by atoms with E-state index in [1.807, 2.05) is 12.1 Å². The van der Waals surface area contributed by atoms with Crippen molar-refractivity contribution in [3.63, 3.8) is 0 Å². The van der Waals surface area contributed by atoms with Crippen molar-refractivity contribution in [3.8, 4) is 22.3 Å². The van der Waals surface area contributed by atoms with Crippen LogP contribution < -0.4 is 4.90 Å². The minimum atomic E-state index is 0.855. The Balaban J connectivity index is 1.17. The molecule has 9 aromatic carbocycles. The fraction of sp³-hybridized carbons (Fsp3) is 0. The number of furan rings is 2. The second-order valence-electron chi connectivity index (χ2n) is 13.6. The zero-order valence-corrected chi connectivity index (χ0v) is 28.7. The average Bonchev–Trinajstić information content (AvgIpc) is 3.81. The number of hydrogen-bond donors (Lipinski definition) is 0. The minimum absolute atomic E-state index is 0.855. The first-order valence-electron chi connectivity index (χ1n) is 18.0. The summed E-state index contributed by atoms with van der Waals surface area (Å²) in [4.78, 5) is 2.39. The van der Waals surface area contributed by atoms with E-state index < -0.39 is 0 Å². The van der Waals surface area contributed by atoms with Crippen LogP contribution in [0.15, 0.2) is 197 Å². The molecule has 11 aromatic rings. The molecule has 2 heterocycles. The maximum absolute atomic E-state index is 6.65. The van der Waals surface area contributed by atoms with Gasteiger partial charge in [-0.3, -0.25) is 0 Å². The summed E-state index contributed by atoms with van der Waals surface area (Å²) < 4.78 is 13.1. The Morgan fingerprint density at radius 1 is 0.321 bits per heavy atom. The summed E-state index contributed by atoms with van der Waals surface area (Å²) in [5, 5.41) is 9.14. The first-order valence-corrected chi connectivity index (χ1v) is 18.0. The molecule has 0 bridgehead atoms. The molecule has 0 N–H and O–H groups in total. The number of hydrogen-bond acceptors (Lipinski definition) is 3. The summed E-state index contributed by atoms with van der Waals surface area (Å²) in [7, 11) is 0. The Kier molecular flexibility index (Phi) is 6.55. The van der Waals surface area contributed by atoms with Crippen molar-refractivity contribution in [1.29, 1.82) is 0 Å². The monoisotopic (exact) mass is 677 g/mol. The quantitative estimate of drug-likeness (QED) is 0.182. The van der Waals surface area contributed by atoms with Gasteiger partial charge in [-0.25, -0.2) is 0 Å². The SMILES string of the molecule is c1ccc(N(c2ccc(-c3cccc4ccccc34)cc2)c2cccc3oc4ccccc4c23)c(-c2cccc3oc4c5ccccc5ccc4c23)c1. The van der Waals surface area contributed by atoms with E-state index in [-0.39, 0.29) is 0 Å². The lowest BCUT2D eigenvalue weighted by atomic mass is 9.95. The van der Waals surface area contributed by atoms with Crippen molar-refractivity contribution in [1.82, 2.24) is 0 Å². The molecule has 0 aliphatic carbocycles. The molecule has 0 fully saturated rings. The van der Waals surface area contributed by atoms with Gasteiger partial charge in [0, 0.05) is 32.8 Å². The lowest BCUT2D eigenvalue weighted by Crippen LogP contribution is -2.11. The predicted octanol–water partition coefficient (Wildman–Crippen LogP) is 14.6. The molecule has 0 spiro atoms. The summed E-state index contributed by atoms with van der Waals surface area (Å²) in [5.41, 5.74) is 11.3. The van der Waals surface area contributed by atoms with E-state index in [9.17, 15) is 0 Å². The Hall–Kier alpha value is -7.10. The Morgan fingerprint density at radius 3 is 1.77 bits per heavy atom. The third kappa shape index (κ3) is 4.61. The van der Waals surface area contributed by atoms with Gasteiger partial charge in [0.2, 0.25) is 0 Å². The largest absolute Gasteiger partial charge is 0.456 e. The maximum atomic E-state index is 6.65. The second kappa shape index (κ2) is 11.7. The molecule has 0 aliphatic heterocycles. The number of rotatable bonds is 5. The third-order valence-electron chi connectivity index (χ3n) is 10.7. The molecule has 0 saturated carbocycles. The van der Waals surface area contributed by atoms with Crippen LogP contribution in [0.4, 0.5) is 17.1 Å². The van der Waals surface area contributed by atoms with E-state index >= 15 is 0 Å². The van der Waals surface area contributed by atoms with Crippen molar-refractivity contribution in [2.24, 2.45) is 0 Å². The summed E-state index contributed by atoms with van der Waals surface area (Å²) >= 11 is 0. The fourth-order valence-electron chi connectivity index (χ4n) is 8.29. The van der Waals surface area contributed by atoms with Gasteiger partial charge in [0.15, 0.2) is 0 Å². The zero-order chi connectivity index (χ0) is 34.9. The molecule has 11 rings (SSSR count). The number of fused-ring (bicyclic) bond motifs is 9. The molecule has 0 saturated heterocycles. The molecule has 3 heteroatoms. The van der Waals surface area contributed by atoms with Crippen LogP contribution in [0.25, 0.3) is 87.7 Å². The van der Waals surface area contributed by atoms with Gasteiger partial charge in [0.25, 0.3) is 0 Å². The molecule has 0 aliphatic rings. The Labute approximate surface area is 305 Å². The predicted molar refractivity (Wildman–Crippen MR) is 222 cm³/mol. The molecule has 0 radical (unpaired) electrons. The van der Waals surface area contributed by atoms with E-state index in [0.29, 0.717) is 0 Å². The van der Waals surface area contributed by atoms with E-state index in [2.05, 4.69) is 181 Å². The maximum Gasteiger partial charge on any atom is 0.143 e. The van der Waals surface area contributed by atoms with Crippen molar-refractivity contribution < 1.29 is 8.83 Å². The summed E-state index contributed by atoms with van der Waals surface area (Å²) in [6, 6.07) is 66.7. The molecule has 3 nitrogen and oxygen atoms in total.